The highest BCUT2D eigenvalue weighted by molar-refractivity contribution is 3.83. The SMILES string of the molecule is CC[O].N. The first kappa shape index (κ1) is 9.07. The lowest BCUT2D eigenvalue weighted by atomic mass is 10.9. The minimum absolute atomic E-state index is 0. The van der Waals surface area contributed by atoms with E-state index in [0.29, 0.717) is 0 Å². The molecule has 0 aliphatic heterocycles. The van der Waals surface area contributed by atoms with E-state index in [-0.39, 0.29) is 12.8 Å². The van der Waals surface area contributed by atoms with Crippen LogP contribution in [0.15, 0.2) is 0 Å². The second-order valence-corrected chi connectivity index (χ2v) is 0.289. The van der Waals surface area contributed by atoms with E-state index in [0.717, 1.165) is 0 Å². The summed E-state index contributed by atoms with van der Waals surface area (Å²) in [6.07, 6.45) is 0. The summed E-state index contributed by atoms with van der Waals surface area (Å²) in [6.45, 7) is 1.57. The smallest absolute Gasteiger partial charge is 0.0794 e. The summed E-state index contributed by atoms with van der Waals surface area (Å²) in [5.74, 6) is 0. The predicted molar refractivity (Wildman–Crippen MR) is 16.2 cm³/mol. The third-order valence-corrected chi connectivity index (χ3v) is 0. The fourth-order valence-electron chi connectivity index (χ4n) is 0. The van der Waals surface area contributed by atoms with Gasteiger partial charge >= 0.3 is 0 Å². The Morgan fingerprint density at radius 1 is 1.75 bits per heavy atom. The van der Waals surface area contributed by atoms with E-state index in [9.17, 15) is 0 Å². The fraction of sp³-hybridized carbons (Fsp3) is 1.00. The average molecular weight is 62.1 g/mol. The normalized spacial score (nSPS) is 4.50. The third kappa shape index (κ3) is 254. The Hall–Kier alpha value is -0.0800. The van der Waals surface area contributed by atoms with Gasteiger partial charge < -0.3 is 6.15 Å². The van der Waals surface area contributed by atoms with E-state index in [1.54, 1.807) is 6.92 Å². The molecule has 0 spiro atoms. The topological polar surface area (TPSA) is 54.9 Å². The maximum atomic E-state index is 8.93. The van der Waals surface area contributed by atoms with Gasteiger partial charge in [0.15, 0.2) is 0 Å². The van der Waals surface area contributed by atoms with E-state index in [2.05, 4.69) is 0 Å². The number of rotatable bonds is 0. The molecule has 0 saturated carbocycles. The van der Waals surface area contributed by atoms with Gasteiger partial charge in [0.05, 0.1) is 6.61 Å². The lowest BCUT2D eigenvalue weighted by Gasteiger charge is -1.45. The highest BCUT2D eigenvalue weighted by atomic mass is 16.2. The van der Waals surface area contributed by atoms with Gasteiger partial charge in [-0.05, 0) is 6.92 Å². The molecule has 1 radical (unpaired) electrons. The molecule has 0 aromatic carbocycles. The monoisotopic (exact) mass is 62.1 g/mol. The summed E-state index contributed by atoms with van der Waals surface area (Å²) in [7, 11) is 0. The summed E-state index contributed by atoms with van der Waals surface area (Å²) in [5, 5.41) is 8.93. The Morgan fingerprint density at radius 2 is 1.75 bits per heavy atom. The molecule has 3 N–H and O–H groups in total. The Bertz CT molecular complexity index is 6.00. The van der Waals surface area contributed by atoms with E-state index in [4.69, 9.17) is 5.11 Å². The molecule has 0 aromatic heterocycles. The highest BCUT2D eigenvalue weighted by Crippen LogP contribution is 1.33. The first-order valence-corrected chi connectivity index (χ1v) is 0.996. The van der Waals surface area contributed by atoms with Crippen molar-refractivity contribution in [2.45, 2.75) is 6.92 Å². The van der Waals surface area contributed by atoms with Gasteiger partial charge in [-0.15, -0.1) is 0 Å². The van der Waals surface area contributed by atoms with Crippen molar-refractivity contribution in [3.8, 4) is 0 Å². The molecule has 4 heavy (non-hydrogen) atoms. The Labute approximate surface area is 26.0 Å². The summed E-state index contributed by atoms with van der Waals surface area (Å²) in [4.78, 5) is 0. The molecule has 0 atom stereocenters. The zero-order chi connectivity index (χ0) is 2.71. The van der Waals surface area contributed by atoms with Gasteiger partial charge in [-0.25, -0.2) is 5.11 Å². The van der Waals surface area contributed by atoms with Crippen LogP contribution in [-0.4, -0.2) is 6.61 Å². The van der Waals surface area contributed by atoms with E-state index in [1.807, 2.05) is 0 Å². The Kier molecular flexibility index (Phi) is 28.8. The molecule has 2 heteroatoms. The van der Waals surface area contributed by atoms with Gasteiger partial charge in [-0.1, -0.05) is 0 Å². The van der Waals surface area contributed by atoms with Crippen molar-refractivity contribution < 1.29 is 5.11 Å². The highest BCUT2D eigenvalue weighted by Gasteiger charge is 1.39. The standard InChI is InChI=1S/C2H5O.H3N/c1-2-3;/h2H2,1H3;1H3. The first-order valence-electron chi connectivity index (χ1n) is 0.996. The molecule has 0 aliphatic carbocycles. The molecule has 0 saturated heterocycles. The van der Waals surface area contributed by atoms with Gasteiger partial charge in [0.1, 0.15) is 0 Å². The van der Waals surface area contributed by atoms with Gasteiger partial charge in [-0.3, -0.25) is 0 Å². The van der Waals surface area contributed by atoms with Crippen molar-refractivity contribution in [3.05, 3.63) is 0 Å². The van der Waals surface area contributed by atoms with Crippen molar-refractivity contribution in [1.82, 2.24) is 6.15 Å². The lowest BCUT2D eigenvalue weighted by molar-refractivity contribution is 0.212. The molecule has 27 valence electrons. The van der Waals surface area contributed by atoms with E-state index in [1.165, 1.54) is 0 Å². The zero-order valence-corrected chi connectivity index (χ0v) is 2.82. The van der Waals surface area contributed by atoms with Gasteiger partial charge in [-0.2, -0.15) is 0 Å². The summed E-state index contributed by atoms with van der Waals surface area (Å²) in [5.41, 5.74) is 0. The fourth-order valence-corrected chi connectivity index (χ4v) is 0. The molecular formula is C2H8NO. The van der Waals surface area contributed by atoms with Crippen molar-refractivity contribution in [2.24, 2.45) is 0 Å². The van der Waals surface area contributed by atoms with Gasteiger partial charge in [0.2, 0.25) is 0 Å². The number of hydrogen-bond acceptors (Lipinski definition) is 1. The molecule has 0 aromatic rings. The second-order valence-electron chi connectivity index (χ2n) is 0.289. The van der Waals surface area contributed by atoms with Crippen molar-refractivity contribution in [3.63, 3.8) is 0 Å². The predicted octanol–water partition coefficient (Wildman–Crippen LogP) is 0.599. The lowest BCUT2D eigenvalue weighted by Crippen LogP contribution is -1.52. The molecule has 0 amide bonds. The van der Waals surface area contributed by atoms with E-state index < -0.39 is 0 Å². The molecular weight excluding hydrogens is 54.0 g/mol. The Morgan fingerprint density at radius 3 is 1.75 bits per heavy atom. The molecule has 0 unspecified atom stereocenters. The van der Waals surface area contributed by atoms with Crippen LogP contribution in [0, 0.1) is 0 Å². The molecule has 0 rings (SSSR count). The largest absolute Gasteiger partial charge is 0.344 e. The van der Waals surface area contributed by atoms with Crippen molar-refractivity contribution in [2.75, 3.05) is 6.61 Å². The van der Waals surface area contributed by atoms with Crippen LogP contribution in [0.5, 0.6) is 0 Å². The van der Waals surface area contributed by atoms with Crippen molar-refractivity contribution in [1.29, 1.82) is 0 Å². The molecule has 0 aliphatic rings. The minimum Gasteiger partial charge on any atom is -0.344 e. The van der Waals surface area contributed by atoms with Crippen molar-refractivity contribution >= 4 is 0 Å². The van der Waals surface area contributed by atoms with Crippen LogP contribution in [0.3, 0.4) is 0 Å². The zero-order valence-electron chi connectivity index (χ0n) is 2.82. The van der Waals surface area contributed by atoms with Gasteiger partial charge in [0, 0.05) is 0 Å². The maximum absolute atomic E-state index is 8.93. The van der Waals surface area contributed by atoms with E-state index >= 15 is 0 Å². The quantitative estimate of drug-likeness (QED) is 0.439. The molecule has 2 nitrogen and oxygen atoms in total. The molecule has 0 fully saturated rings. The van der Waals surface area contributed by atoms with Crippen LogP contribution in [0.4, 0.5) is 0 Å². The summed E-state index contributed by atoms with van der Waals surface area (Å²) < 4.78 is 0. The Balaban J connectivity index is 0. The van der Waals surface area contributed by atoms with Crippen LogP contribution in [0.1, 0.15) is 6.92 Å². The average Bonchev–Trinajstić information content (AvgIpc) is 0.918. The van der Waals surface area contributed by atoms with Crippen LogP contribution in [0.25, 0.3) is 0 Å². The van der Waals surface area contributed by atoms with Crippen LogP contribution < -0.4 is 6.15 Å². The van der Waals surface area contributed by atoms with Gasteiger partial charge in [0.25, 0.3) is 0 Å². The third-order valence-electron chi connectivity index (χ3n) is 0. The molecule has 0 bridgehead atoms. The second kappa shape index (κ2) is 12.7. The molecule has 0 heterocycles. The minimum atomic E-state index is 0. The maximum Gasteiger partial charge on any atom is 0.0794 e. The summed E-state index contributed by atoms with van der Waals surface area (Å²) in [6, 6.07) is 0. The number of hydrogen-bond donors (Lipinski definition) is 1. The van der Waals surface area contributed by atoms with Crippen LogP contribution >= 0.6 is 0 Å². The summed E-state index contributed by atoms with van der Waals surface area (Å²) >= 11 is 0. The van der Waals surface area contributed by atoms with Crippen LogP contribution in [0.2, 0.25) is 0 Å². The first-order chi connectivity index (χ1) is 1.41. The van der Waals surface area contributed by atoms with Crippen LogP contribution in [-0.2, 0) is 5.11 Å².